The maximum absolute atomic E-state index is 13.2. The standard InChI is InChI=1S/C17H30N2O/c1-2-17(9-3-4-10-17)16(20)19-12-6-8-15(19)14-7-5-11-18-13-14/h14-15,18H,2-13H2,1H3. The summed E-state index contributed by atoms with van der Waals surface area (Å²) in [5, 5.41) is 3.53. The van der Waals surface area contributed by atoms with E-state index < -0.39 is 0 Å². The zero-order valence-corrected chi connectivity index (χ0v) is 13.0. The molecule has 114 valence electrons. The number of hydrogen-bond donors (Lipinski definition) is 1. The van der Waals surface area contributed by atoms with Gasteiger partial charge in [0.25, 0.3) is 0 Å². The average Bonchev–Trinajstić information content (AvgIpc) is 3.17. The summed E-state index contributed by atoms with van der Waals surface area (Å²) in [6, 6.07) is 0.527. The first kappa shape index (κ1) is 14.4. The summed E-state index contributed by atoms with van der Waals surface area (Å²) in [4.78, 5) is 15.5. The Morgan fingerprint density at radius 1 is 1.20 bits per heavy atom. The SMILES string of the molecule is CCC1(C(=O)N2CCCC2C2CCCNC2)CCCC1. The number of rotatable bonds is 3. The van der Waals surface area contributed by atoms with Crippen LogP contribution in [0.5, 0.6) is 0 Å². The summed E-state index contributed by atoms with van der Waals surface area (Å²) in [7, 11) is 0. The van der Waals surface area contributed by atoms with Gasteiger partial charge in [0.15, 0.2) is 0 Å². The molecule has 2 atom stereocenters. The first-order chi connectivity index (χ1) is 9.77. The molecule has 0 aromatic heterocycles. The predicted molar refractivity (Wildman–Crippen MR) is 81.5 cm³/mol. The molecule has 3 heteroatoms. The van der Waals surface area contributed by atoms with Crippen molar-refractivity contribution in [1.29, 1.82) is 0 Å². The molecule has 2 unspecified atom stereocenters. The molecule has 1 aliphatic carbocycles. The van der Waals surface area contributed by atoms with E-state index in [4.69, 9.17) is 0 Å². The van der Waals surface area contributed by atoms with Crippen LogP contribution in [-0.2, 0) is 4.79 Å². The van der Waals surface area contributed by atoms with Crippen LogP contribution in [0.1, 0.15) is 64.7 Å². The lowest BCUT2D eigenvalue weighted by molar-refractivity contribution is -0.144. The molecule has 1 amide bonds. The predicted octanol–water partition coefficient (Wildman–Crippen LogP) is 2.95. The van der Waals surface area contributed by atoms with Gasteiger partial charge in [-0.1, -0.05) is 19.8 Å². The van der Waals surface area contributed by atoms with E-state index in [1.165, 1.54) is 38.5 Å². The van der Waals surface area contributed by atoms with Crippen LogP contribution in [0, 0.1) is 11.3 Å². The third-order valence-corrected chi connectivity index (χ3v) is 6.13. The van der Waals surface area contributed by atoms with Crippen LogP contribution in [0.25, 0.3) is 0 Å². The van der Waals surface area contributed by atoms with Crippen molar-refractivity contribution >= 4 is 5.91 Å². The van der Waals surface area contributed by atoms with Crippen molar-refractivity contribution in [1.82, 2.24) is 10.2 Å². The van der Waals surface area contributed by atoms with Crippen LogP contribution >= 0.6 is 0 Å². The van der Waals surface area contributed by atoms with E-state index in [-0.39, 0.29) is 5.41 Å². The first-order valence-electron chi connectivity index (χ1n) is 8.79. The lowest BCUT2D eigenvalue weighted by atomic mass is 9.81. The minimum atomic E-state index is 0.00465. The highest BCUT2D eigenvalue weighted by molar-refractivity contribution is 5.83. The quantitative estimate of drug-likeness (QED) is 0.861. The third kappa shape index (κ3) is 2.49. The second-order valence-electron chi connectivity index (χ2n) is 7.16. The normalized spacial score (nSPS) is 33.5. The van der Waals surface area contributed by atoms with Gasteiger partial charge in [0, 0.05) is 18.0 Å². The second-order valence-corrected chi connectivity index (χ2v) is 7.16. The monoisotopic (exact) mass is 278 g/mol. The van der Waals surface area contributed by atoms with Crippen molar-refractivity contribution in [3.05, 3.63) is 0 Å². The summed E-state index contributed by atoms with van der Waals surface area (Å²) in [6.45, 7) is 5.52. The lowest BCUT2D eigenvalue weighted by Gasteiger charge is -2.39. The Balaban J connectivity index is 1.72. The van der Waals surface area contributed by atoms with Gasteiger partial charge in [-0.2, -0.15) is 0 Å². The molecule has 3 nitrogen and oxygen atoms in total. The molecule has 1 saturated carbocycles. The van der Waals surface area contributed by atoms with E-state index in [2.05, 4.69) is 17.1 Å². The van der Waals surface area contributed by atoms with Crippen LogP contribution in [0.15, 0.2) is 0 Å². The number of amides is 1. The fourth-order valence-electron chi connectivity index (χ4n) is 4.82. The molecular weight excluding hydrogens is 248 g/mol. The zero-order valence-electron chi connectivity index (χ0n) is 13.0. The van der Waals surface area contributed by atoms with E-state index in [1.54, 1.807) is 0 Å². The summed E-state index contributed by atoms with van der Waals surface area (Å²) < 4.78 is 0. The first-order valence-corrected chi connectivity index (χ1v) is 8.79. The summed E-state index contributed by atoms with van der Waals surface area (Å²) in [5.41, 5.74) is 0.00465. The van der Waals surface area contributed by atoms with Gasteiger partial charge in [0.05, 0.1) is 0 Å². The molecule has 20 heavy (non-hydrogen) atoms. The molecule has 3 rings (SSSR count). The van der Waals surface area contributed by atoms with E-state index in [1.807, 2.05) is 0 Å². The van der Waals surface area contributed by atoms with Gasteiger partial charge in [-0.25, -0.2) is 0 Å². The van der Waals surface area contributed by atoms with Crippen LogP contribution in [-0.4, -0.2) is 36.5 Å². The molecule has 1 N–H and O–H groups in total. The highest BCUT2D eigenvalue weighted by Gasteiger charge is 2.45. The number of hydrogen-bond acceptors (Lipinski definition) is 2. The second kappa shape index (κ2) is 6.05. The number of nitrogens with zero attached hydrogens (tertiary/aromatic N) is 1. The molecular formula is C17H30N2O. The number of piperidine rings is 1. The molecule has 0 radical (unpaired) electrons. The van der Waals surface area contributed by atoms with Gasteiger partial charge < -0.3 is 10.2 Å². The van der Waals surface area contributed by atoms with Crippen molar-refractivity contribution in [3.63, 3.8) is 0 Å². The maximum Gasteiger partial charge on any atom is 0.229 e. The molecule has 0 spiro atoms. The number of nitrogens with one attached hydrogen (secondary N) is 1. The van der Waals surface area contributed by atoms with Crippen LogP contribution in [0.2, 0.25) is 0 Å². The van der Waals surface area contributed by atoms with Crippen LogP contribution < -0.4 is 5.32 Å². The van der Waals surface area contributed by atoms with Crippen molar-refractivity contribution < 1.29 is 4.79 Å². The third-order valence-electron chi connectivity index (χ3n) is 6.13. The average molecular weight is 278 g/mol. The number of carbonyl (C=O) groups excluding carboxylic acids is 1. The van der Waals surface area contributed by atoms with E-state index >= 15 is 0 Å². The lowest BCUT2D eigenvalue weighted by Crippen LogP contribution is -2.50. The van der Waals surface area contributed by atoms with Gasteiger partial charge in [-0.05, 0) is 64.0 Å². The van der Waals surface area contributed by atoms with E-state index in [0.29, 0.717) is 17.9 Å². The Bertz CT molecular complexity index is 343. The minimum absolute atomic E-state index is 0.00465. The Kier molecular flexibility index (Phi) is 4.34. The smallest absolute Gasteiger partial charge is 0.229 e. The maximum atomic E-state index is 13.2. The summed E-state index contributed by atoms with van der Waals surface area (Å²) in [5.74, 6) is 1.20. The van der Waals surface area contributed by atoms with Crippen molar-refractivity contribution in [2.24, 2.45) is 11.3 Å². The topological polar surface area (TPSA) is 32.3 Å². The fraction of sp³-hybridized carbons (Fsp3) is 0.941. The van der Waals surface area contributed by atoms with Crippen molar-refractivity contribution in [3.8, 4) is 0 Å². The minimum Gasteiger partial charge on any atom is -0.339 e. The van der Waals surface area contributed by atoms with Gasteiger partial charge >= 0.3 is 0 Å². The molecule has 2 aliphatic heterocycles. The molecule has 2 heterocycles. The highest BCUT2D eigenvalue weighted by Crippen LogP contribution is 2.44. The molecule has 2 saturated heterocycles. The highest BCUT2D eigenvalue weighted by atomic mass is 16.2. The Morgan fingerprint density at radius 2 is 2.00 bits per heavy atom. The molecule has 0 aromatic carbocycles. The molecule has 3 fully saturated rings. The fourth-order valence-corrected chi connectivity index (χ4v) is 4.82. The Hall–Kier alpha value is -0.570. The van der Waals surface area contributed by atoms with Gasteiger partial charge in [0.1, 0.15) is 0 Å². The van der Waals surface area contributed by atoms with Crippen LogP contribution in [0.3, 0.4) is 0 Å². The molecule has 3 aliphatic rings. The Morgan fingerprint density at radius 3 is 2.65 bits per heavy atom. The van der Waals surface area contributed by atoms with Gasteiger partial charge in [0.2, 0.25) is 5.91 Å². The summed E-state index contributed by atoms with van der Waals surface area (Å²) in [6.07, 6.45) is 10.8. The number of likely N-dealkylation sites (tertiary alicyclic amines) is 1. The largest absolute Gasteiger partial charge is 0.339 e. The zero-order chi connectivity index (χ0) is 14.0. The molecule has 0 bridgehead atoms. The van der Waals surface area contributed by atoms with Crippen molar-refractivity contribution in [2.45, 2.75) is 70.8 Å². The summed E-state index contributed by atoms with van der Waals surface area (Å²) >= 11 is 0. The van der Waals surface area contributed by atoms with E-state index in [0.717, 1.165) is 38.9 Å². The van der Waals surface area contributed by atoms with Crippen LogP contribution in [0.4, 0.5) is 0 Å². The molecule has 0 aromatic rings. The van der Waals surface area contributed by atoms with Gasteiger partial charge in [-0.15, -0.1) is 0 Å². The van der Waals surface area contributed by atoms with E-state index in [9.17, 15) is 4.79 Å². The van der Waals surface area contributed by atoms with Crippen molar-refractivity contribution in [2.75, 3.05) is 19.6 Å². The Labute approximate surface area is 123 Å². The number of carbonyl (C=O) groups is 1. The van der Waals surface area contributed by atoms with Gasteiger partial charge in [-0.3, -0.25) is 4.79 Å².